The lowest BCUT2D eigenvalue weighted by Crippen LogP contribution is -2.36. The molecule has 2 aromatic heterocycles. The fourth-order valence-electron chi connectivity index (χ4n) is 2.98. The number of amides is 1. The molecule has 0 aromatic carbocycles. The maximum Gasteiger partial charge on any atom is 0.288 e. The van der Waals surface area contributed by atoms with Gasteiger partial charge in [0.25, 0.3) is 5.91 Å². The molecule has 0 bridgehead atoms. The van der Waals surface area contributed by atoms with E-state index < -0.39 is 5.91 Å². The molecule has 0 aliphatic carbocycles. The first-order chi connectivity index (χ1) is 10.5. The molecule has 1 unspecified atom stereocenters. The maximum atomic E-state index is 11.1. The van der Waals surface area contributed by atoms with E-state index in [0.29, 0.717) is 0 Å². The monoisotopic (exact) mass is 303 g/mol. The SMILES string of the molecule is Cc1n[nH]c(C)c1CN1CCCC(n2cnc(C(N)=O)n2)C1. The van der Waals surface area contributed by atoms with Crippen LogP contribution in [0, 0.1) is 13.8 Å². The van der Waals surface area contributed by atoms with Crippen molar-refractivity contribution in [2.75, 3.05) is 13.1 Å². The Morgan fingerprint density at radius 3 is 2.95 bits per heavy atom. The molecule has 8 nitrogen and oxygen atoms in total. The van der Waals surface area contributed by atoms with E-state index in [1.54, 1.807) is 11.0 Å². The summed E-state index contributed by atoms with van der Waals surface area (Å²) in [6.45, 7) is 6.88. The molecule has 3 N–H and O–H groups in total. The van der Waals surface area contributed by atoms with Crippen LogP contribution in [0.15, 0.2) is 6.33 Å². The van der Waals surface area contributed by atoms with Gasteiger partial charge in [-0.25, -0.2) is 9.67 Å². The highest BCUT2D eigenvalue weighted by molar-refractivity contribution is 5.88. The number of piperidine rings is 1. The van der Waals surface area contributed by atoms with Crippen molar-refractivity contribution in [2.45, 2.75) is 39.3 Å². The van der Waals surface area contributed by atoms with Crippen molar-refractivity contribution in [3.05, 3.63) is 29.1 Å². The summed E-state index contributed by atoms with van der Waals surface area (Å²) in [5.74, 6) is -0.505. The Kier molecular flexibility index (Phi) is 3.93. The molecule has 1 saturated heterocycles. The zero-order chi connectivity index (χ0) is 15.7. The summed E-state index contributed by atoms with van der Waals surface area (Å²) < 4.78 is 1.77. The van der Waals surface area contributed by atoms with Gasteiger partial charge in [0, 0.05) is 24.3 Å². The van der Waals surface area contributed by atoms with Crippen LogP contribution in [0.1, 0.15) is 46.5 Å². The third kappa shape index (κ3) is 2.87. The number of primary amides is 1. The van der Waals surface area contributed by atoms with Gasteiger partial charge in [-0.15, -0.1) is 5.10 Å². The molecule has 0 radical (unpaired) electrons. The van der Waals surface area contributed by atoms with Crippen LogP contribution in [0.25, 0.3) is 0 Å². The number of nitrogens with zero attached hydrogens (tertiary/aromatic N) is 5. The number of aromatic amines is 1. The minimum Gasteiger partial charge on any atom is -0.363 e. The Labute approximate surface area is 128 Å². The van der Waals surface area contributed by atoms with E-state index in [1.165, 1.54) is 5.56 Å². The zero-order valence-electron chi connectivity index (χ0n) is 12.9. The summed E-state index contributed by atoms with van der Waals surface area (Å²) in [4.78, 5) is 17.5. The second kappa shape index (κ2) is 5.88. The summed E-state index contributed by atoms with van der Waals surface area (Å²) in [7, 11) is 0. The van der Waals surface area contributed by atoms with Crippen molar-refractivity contribution in [3.8, 4) is 0 Å². The quantitative estimate of drug-likeness (QED) is 0.858. The molecule has 3 heterocycles. The number of hydrogen-bond donors (Lipinski definition) is 2. The molecule has 1 fully saturated rings. The Balaban J connectivity index is 1.70. The highest BCUT2D eigenvalue weighted by Gasteiger charge is 2.24. The van der Waals surface area contributed by atoms with Crippen molar-refractivity contribution < 1.29 is 4.79 Å². The number of carbonyl (C=O) groups is 1. The normalized spacial score (nSPS) is 19.5. The van der Waals surface area contributed by atoms with Gasteiger partial charge in [0.15, 0.2) is 0 Å². The number of rotatable bonds is 4. The summed E-state index contributed by atoms with van der Waals surface area (Å²) in [6.07, 6.45) is 3.72. The highest BCUT2D eigenvalue weighted by Crippen LogP contribution is 2.23. The number of nitrogens with one attached hydrogen (secondary N) is 1. The summed E-state index contributed by atoms with van der Waals surface area (Å²) in [5, 5.41) is 11.5. The molecule has 3 rings (SSSR count). The van der Waals surface area contributed by atoms with Crippen molar-refractivity contribution in [3.63, 3.8) is 0 Å². The lowest BCUT2D eigenvalue weighted by Gasteiger charge is -2.32. The molecular weight excluding hydrogens is 282 g/mol. The van der Waals surface area contributed by atoms with E-state index in [2.05, 4.69) is 25.2 Å². The average Bonchev–Trinajstić information content (AvgIpc) is 3.10. The van der Waals surface area contributed by atoms with Gasteiger partial charge in [0.1, 0.15) is 6.33 Å². The standard InChI is InChI=1S/C14H21N7O/c1-9-12(10(2)18-17-9)7-20-5-3-4-11(6-20)21-8-16-14(19-21)13(15)22/h8,11H,3-7H2,1-2H3,(H2,15,22)(H,17,18). The number of hydrogen-bond acceptors (Lipinski definition) is 5. The van der Waals surface area contributed by atoms with Crippen LogP contribution in [-0.4, -0.2) is 48.9 Å². The van der Waals surface area contributed by atoms with Crippen LogP contribution in [0.2, 0.25) is 0 Å². The summed E-state index contributed by atoms with van der Waals surface area (Å²) in [5.41, 5.74) is 8.64. The van der Waals surface area contributed by atoms with E-state index in [9.17, 15) is 4.79 Å². The summed E-state index contributed by atoms with van der Waals surface area (Å²) in [6, 6.07) is 0.224. The molecule has 0 spiro atoms. The van der Waals surface area contributed by atoms with E-state index in [4.69, 9.17) is 5.73 Å². The number of likely N-dealkylation sites (tertiary alicyclic amines) is 1. The van der Waals surface area contributed by atoms with Gasteiger partial charge in [-0.2, -0.15) is 5.10 Å². The largest absolute Gasteiger partial charge is 0.363 e. The molecule has 1 aliphatic heterocycles. The first kappa shape index (κ1) is 14.7. The van der Waals surface area contributed by atoms with Crippen LogP contribution >= 0.6 is 0 Å². The Morgan fingerprint density at radius 2 is 2.32 bits per heavy atom. The fourth-order valence-corrected chi connectivity index (χ4v) is 2.98. The molecular formula is C14H21N7O. The molecule has 0 saturated carbocycles. The Morgan fingerprint density at radius 1 is 1.50 bits per heavy atom. The lowest BCUT2D eigenvalue weighted by atomic mass is 10.0. The first-order valence-corrected chi connectivity index (χ1v) is 7.48. The molecule has 8 heteroatoms. The van der Waals surface area contributed by atoms with E-state index >= 15 is 0 Å². The number of H-pyrrole nitrogens is 1. The highest BCUT2D eigenvalue weighted by atomic mass is 16.1. The van der Waals surface area contributed by atoms with E-state index in [0.717, 1.165) is 43.9 Å². The zero-order valence-corrected chi connectivity index (χ0v) is 12.9. The number of carbonyl (C=O) groups excluding carboxylic acids is 1. The van der Waals surface area contributed by atoms with Crippen LogP contribution in [0.5, 0.6) is 0 Å². The van der Waals surface area contributed by atoms with Gasteiger partial charge in [-0.05, 0) is 33.2 Å². The Hall–Kier alpha value is -2.22. The number of aromatic nitrogens is 5. The minimum atomic E-state index is -0.587. The predicted octanol–water partition coefficient (Wildman–Crippen LogP) is 0.554. The fraction of sp³-hybridized carbons (Fsp3) is 0.571. The van der Waals surface area contributed by atoms with Gasteiger partial charge < -0.3 is 5.73 Å². The smallest absolute Gasteiger partial charge is 0.288 e. The first-order valence-electron chi connectivity index (χ1n) is 7.48. The number of nitrogens with two attached hydrogens (primary N) is 1. The second-order valence-electron chi connectivity index (χ2n) is 5.86. The molecule has 1 aliphatic rings. The van der Waals surface area contributed by atoms with Crippen LogP contribution in [0.4, 0.5) is 0 Å². The van der Waals surface area contributed by atoms with Gasteiger partial charge in [-0.3, -0.25) is 14.8 Å². The van der Waals surface area contributed by atoms with Gasteiger partial charge in [-0.1, -0.05) is 0 Å². The van der Waals surface area contributed by atoms with Crippen molar-refractivity contribution in [2.24, 2.45) is 5.73 Å². The maximum absolute atomic E-state index is 11.1. The molecule has 1 atom stereocenters. The third-order valence-corrected chi connectivity index (χ3v) is 4.25. The predicted molar refractivity (Wildman–Crippen MR) is 80.1 cm³/mol. The van der Waals surface area contributed by atoms with Crippen LogP contribution < -0.4 is 5.73 Å². The van der Waals surface area contributed by atoms with E-state index in [-0.39, 0.29) is 11.9 Å². The second-order valence-corrected chi connectivity index (χ2v) is 5.86. The molecule has 118 valence electrons. The van der Waals surface area contributed by atoms with Crippen molar-refractivity contribution in [1.82, 2.24) is 29.9 Å². The topological polar surface area (TPSA) is 106 Å². The molecule has 1 amide bonds. The lowest BCUT2D eigenvalue weighted by molar-refractivity contribution is 0.0989. The van der Waals surface area contributed by atoms with Crippen molar-refractivity contribution >= 4 is 5.91 Å². The Bertz CT molecular complexity index is 655. The van der Waals surface area contributed by atoms with Crippen LogP contribution in [-0.2, 0) is 6.54 Å². The summed E-state index contributed by atoms with van der Waals surface area (Å²) >= 11 is 0. The van der Waals surface area contributed by atoms with Crippen LogP contribution in [0.3, 0.4) is 0 Å². The molecule has 2 aromatic rings. The molecule has 22 heavy (non-hydrogen) atoms. The van der Waals surface area contributed by atoms with Gasteiger partial charge >= 0.3 is 0 Å². The van der Waals surface area contributed by atoms with Gasteiger partial charge in [0.2, 0.25) is 5.82 Å². The average molecular weight is 303 g/mol. The minimum absolute atomic E-state index is 0.0821. The van der Waals surface area contributed by atoms with Gasteiger partial charge in [0.05, 0.1) is 11.7 Å². The third-order valence-electron chi connectivity index (χ3n) is 4.25. The van der Waals surface area contributed by atoms with Crippen molar-refractivity contribution in [1.29, 1.82) is 0 Å². The van der Waals surface area contributed by atoms with E-state index in [1.807, 2.05) is 13.8 Å². The number of aryl methyl sites for hydroxylation is 2.